The second-order valence-electron chi connectivity index (χ2n) is 8.54. The predicted molar refractivity (Wildman–Crippen MR) is 142 cm³/mol. The van der Waals surface area contributed by atoms with E-state index in [1.165, 1.54) is 11.3 Å². The molecule has 3 heterocycles. The first-order chi connectivity index (χ1) is 17.6. The molecule has 0 aliphatic rings. The van der Waals surface area contributed by atoms with E-state index in [4.69, 9.17) is 0 Å². The van der Waals surface area contributed by atoms with Gasteiger partial charge in [-0.1, -0.05) is 37.1 Å². The lowest BCUT2D eigenvalue weighted by molar-refractivity contribution is -0.120. The number of carbonyl (C=O) groups excluding carboxylic acids is 2. The number of H-pyrrole nitrogens is 1. The van der Waals surface area contributed by atoms with Gasteiger partial charge >= 0.3 is 0 Å². The van der Waals surface area contributed by atoms with Crippen LogP contribution in [-0.2, 0) is 4.79 Å². The number of nitrogens with zero attached hydrogens (tertiary/aromatic N) is 3. The van der Waals surface area contributed by atoms with Crippen LogP contribution in [-0.4, -0.2) is 45.3 Å². The molecule has 36 heavy (non-hydrogen) atoms. The Balaban J connectivity index is 1.42. The molecule has 4 rings (SSSR count). The third-order valence-electron chi connectivity index (χ3n) is 6.09. The van der Waals surface area contributed by atoms with Crippen LogP contribution in [0.15, 0.2) is 66.7 Å². The molecule has 0 aliphatic carbocycles. The number of nitrogens with one attached hydrogen (secondary N) is 3. The van der Waals surface area contributed by atoms with Crippen molar-refractivity contribution >= 4 is 23.2 Å². The van der Waals surface area contributed by atoms with Gasteiger partial charge in [0.2, 0.25) is 5.91 Å². The third-order valence-corrected chi connectivity index (χ3v) is 6.86. The van der Waals surface area contributed by atoms with Crippen LogP contribution in [0, 0.1) is 0 Å². The number of aromatic amines is 1. The zero-order valence-corrected chi connectivity index (χ0v) is 21.1. The minimum absolute atomic E-state index is 0.0340. The van der Waals surface area contributed by atoms with Crippen LogP contribution in [0.2, 0.25) is 0 Å². The summed E-state index contributed by atoms with van der Waals surface area (Å²) in [5, 5.41) is 5.69. The second kappa shape index (κ2) is 12.7. The lowest BCUT2D eigenvalue weighted by atomic mass is 9.99. The number of rotatable bonds is 12. The van der Waals surface area contributed by atoms with Crippen molar-refractivity contribution in [2.24, 2.45) is 0 Å². The standard InChI is InChI=1S/C27H30N6O2S/c1-28-25(34)6-4-2-3-5-22(15-32-27(35)24-17-30-18-36-24)26-31-16-23(33-26)21-9-7-19(8-10-21)20-11-13-29-14-12-20/h7-14,16-18,22H,2-6,15H2,1H3,(H,28,34)(H,31,33)(H,32,35). The van der Waals surface area contributed by atoms with Gasteiger partial charge in [-0.2, -0.15) is 0 Å². The summed E-state index contributed by atoms with van der Waals surface area (Å²) >= 11 is 1.32. The SMILES string of the molecule is CNC(=O)CCCCCC(CNC(=O)c1cncs1)c1ncc(-c2ccc(-c3ccncc3)cc2)[nH]1. The van der Waals surface area contributed by atoms with Crippen molar-refractivity contribution in [3.05, 3.63) is 77.4 Å². The molecule has 1 atom stereocenters. The van der Waals surface area contributed by atoms with Crippen LogP contribution < -0.4 is 10.6 Å². The van der Waals surface area contributed by atoms with Crippen LogP contribution in [0.1, 0.15) is 53.5 Å². The highest BCUT2D eigenvalue weighted by molar-refractivity contribution is 7.11. The molecular weight excluding hydrogens is 472 g/mol. The molecule has 3 N–H and O–H groups in total. The Morgan fingerprint density at radius 2 is 1.69 bits per heavy atom. The summed E-state index contributed by atoms with van der Waals surface area (Å²) in [7, 11) is 1.66. The van der Waals surface area contributed by atoms with Gasteiger partial charge in [-0.3, -0.25) is 19.6 Å². The number of unbranched alkanes of at least 4 members (excludes halogenated alkanes) is 2. The smallest absolute Gasteiger partial charge is 0.263 e. The van der Waals surface area contributed by atoms with E-state index >= 15 is 0 Å². The highest BCUT2D eigenvalue weighted by Gasteiger charge is 2.18. The minimum atomic E-state index is -0.124. The van der Waals surface area contributed by atoms with Crippen molar-refractivity contribution < 1.29 is 9.59 Å². The highest BCUT2D eigenvalue weighted by atomic mass is 32.1. The molecule has 0 radical (unpaired) electrons. The van der Waals surface area contributed by atoms with Crippen LogP contribution in [0.4, 0.5) is 0 Å². The topological polar surface area (TPSA) is 113 Å². The van der Waals surface area contributed by atoms with E-state index in [9.17, 15) is 9.59 Å². The molecule has 0 spiro atoms. The number of carbonyl (C=O) groups is 2. The molecule has 0 bridgehead atoms. The number of pyridine rings is 1. The fraction of sp³-hybridized carbons (Fsp3) is 0.296. The summed E-state index contributed by atoms with van der Waals surface area (Å²) < 4.78 is 0. The largest absolute Gasteiger partial charge is 0.359 e. The van der Waals surface area contributed by atoms with Crippen LogP contribution in [0.5, 0.6) is 0 Å². The highest BCUT2D eigenvalue weighted by Crippen LogP contribution is 2.26. The van der Waals surface area contributed by atoms with E-state index < -0.39 is 0 Å². The lowest BCUT2D eigenvalue weighted by Gasteiger charge is -2.15. The number of benzene rings is 1. The third kappa shape index (κ3) is 6.85. The Morgan fingerprint density at radius 3 is 2.42 bits per heavy atom. The molecule has 4 aromatic rings. The van der Waals surface area contributed by atoms with Gasteiger partial charge in [0, 0.05) is 38.3 Å². The van der Waals surface area contributed by atoms with E-state index in [0.717, 1.165) is 53.9 Å². The number of thiazole rings is 1. The zero-order chi connectivity index (χ0) is 25.2. The van der Waals surface area contributed by atoms with Crippen molar-refractivity contribution in [3.8, 4) is 22.4 Å². The summed E-state index contributed by atoms with van der Waals surface area (Å²) in [5.74, 6) is 0.820. The Bertz CT molecular complexity index is 1240. The summed E-state index contributed by atoms with van der Waals surface area (Å²) in [6.07, 6.45) is 11.1. The molecule has 0 fully saturated rings. The molecule has 9 heteroatoms. The normalized spacial score (nSPS) is 11.7. The zero-order valence-electron chi connectivity index (χ0n) is 20.2. The molecule has 3 aromatic heterocycles. The Kier molecular flexibility index (Phi) is 8.93. The first kappa shape index (κ1) is 25.2. The Morgan fingerprint density at radius 1 is 0.944 bits per heavy atom. The number of aromatic nitrogens is 4. The van der Waals surface area contributed by atoms with E-state index in [1.54, 1.807) is 31.1 Å². The Labute approximate surface area is 214 Å². The maximum absolute atomic E-state index is 12.5. The van der Waals surface area contributed by atoms with Crippen molar-refractivity contribution in [2.75, 3.05) is 13.6 Å². The number of amides is 2. The molecule has 186 valence electrons. The quantitative estimate of drug-likeness (QED) is 0.241. The maximum atomic E-state index is 12.5. The van der Waals surface area contributed by atoms with Crippen LogP contribution in [0.3, 0.4) is 0 Å². The average molecular weight is 503 g/mol. The molecule has 0 saturated carbocycles. The van der Waals surface area contributed by atoms with Crippen molar-refractivity contribution in [3.63, 3.8) is 0 Å². The van der Waals surface area contributed by atoms with Gasteiger partial charge in [0.15, 0.2) is 0 Å². The molecule has 2 amide bonds. The fourth-order valence-corrected chi connectivity index (χ4v) is 4.56. The van der Waals surface area contributed by atoms with Gasteiger partial charge in [-0.15, -0.1) is 11.3 Å². The summed E-state index contributed by atoms with van der Waals surface area (Å²) in [6.45, 7) is 0.472. The van der Waals surface area contributed by atoms with Gasteiger partial charge in [0.25, 0.3) is 5.91 Å². The van der Waals surface area contributed by atoms with Gasteiger partial charge in [-0.05, 0) is 41.7 Å². The van der Waals surface area contributed by atoms with Crippen molar-refractivity contribution in [1.29, 1.82) is 0 Å². The molecule has 0 saturated heterocycles. The van der Waals surface area contributed by atoms with E-state index in [1.807, 2.05) is 18.3 Å². The molecule has 1 aromatic carbocycles. The summed E-state index contributed by atoms with van der Waals surface area (Å²) in [4.78, 5) is 40.8. The summed E-state index contributed by atoms with van der Waals surface area (Å²) in [6, 6.07) is 12.3. The second-order valence-corrected chi connectivity index (χ2v) is 9.43. The monoisotopic (exact) mass is 502 g/mol. The van der Waals surface area contributed by atoms with E-state index in [-0.39, 0.29) is 17.7 Å². The minimum Gasteiger partial charge on any atom is -0.359 e. The molecule has 8 nitrogen and oxygen atoms in total. The average Bonchev–Trinajstić information content (AvgIpc) is 3.64. The first-order valence-corrected chi connectivity index (χ1v) is 12.9. The molecule has 0 aliphatic heterocycles. The fourth-order valence-electron chi connectivity index (χ4n) is 4.02. The van der Waals surface area contributed by atoms with Gasteiger partial charge < -0.3 is 15.6 Å². The lowest BCUT2D eigenvalue weighted by Crippen LogP contribution is -2.28. The van der Waals surface area contributed by atoms with Gasteiger partial charge in [0.05, 0.1) is 23.6 Å². The predicted octanol–water partition coefficient (Wildman–Crippen LogP) is 4.81. The van der Waals surface area contributed by atoms with Crippen LogP contribution in [0.25, 0.3) is 22.4 Å². The molecular formula is C27H30N6O2S. The van der Waals surface area contributed by atoms with E-state index in [0.29, 0.717) is 17.8 Å². The van der Waals surface area contributed by atoms with Crippen molar-refractivity contribution in [2.45, 2.75) is 38.0 Å². The number of hydrogen-bond donors (Lipinski definition) is 3. The summed E-state index contributed by atoms with van der Waals surface area (Å²) in [5.41, 5.74) is 5.88. The van der Waals surface area contributed by atoms with Gasteiger partial charge in [-0.25, -0.2) is 4.98 Å². The number of hydrogen-bond acceptors (Lipinski definition) is 6. The maximum Gasteiger partial charge on any atom is 0.263 e. The first-order valence-electron chi connectivity index (χ1n) is 12.1. The molecule has 1 unspecified atom stereocenters. The van der Waals surface area contributed by atoms with Gasteiger partial charge in [0.1, 0.15) is 10.7 Å². The number of imidazole rings is 1. The van der Waals surface area contributed by atoms with Crippen LogP contribution >= 0.6 is 11.3 Å². The van der Waals surface area contributed by atoms with Crippen molar-refractivity contribution in [1.82, 2.24) is 30.6 Å². The Hall–Kier alpha value is -3.85. The van der Waals surface area contributed by atoms with E-state index in [2.05, 4.69) is 54.8 Å².